The fraction of sp³-hybridized carbons (Fsp3) is 0.143. The Morgan fingerprint density at radius 2 is 1.85 bits per heavy atom. The van der Waals surface area contributed by atoms with Crippen molar-refractivity contribution in [3.05, 3.63) is 74.5 Å². The van der Waals surface area contributed by atoms with Gasteiger partial charge in [0.15, 0.2) is 0 Å². The van der Waals surface area contributed by atoms with Crippen LogP contribution >= 0.6 is 23.2 Å². The molecule has 104 valence electrons. The fourth-order valence-corrected chi connectivity index (χ4v) is 2.51. The van der Waals surface area contributed by atoms with Crippen LogP contribution in [0, 0.1) is 15.9 Å². The summed E-state index contributed by atoms with van der Waals surface area (Å²) in [7, 11) is 0. The average molecular weight is 314 g/mol. The van der Waals surface area contributed by atoms with Crippen molar-refractivity contribution in [2.24, 2.45) is 0 Å². The quantitative estimate of drug-likeness (QED) is 0.457. The second kappa shape index (κ2) is 6.20. The Bertz CT molecular complexity index is 632. The molecule has 1 unspecified atom stereocenters. The van der Waals surface area contributed by atoms with Crippen molar-refractivity contribution in [1.82, 2.24) is 0 Å². The highest BCUT2D eigenvalue weighted by molar-refractivity contribution is 6.33. The lowest BCUT2D eigenvalue weighted by atomic mass is 10.0. The number of hydrogen-bond donors (Lipinski definition) is 0. The number of nitrogens with zero attached hydrogens (tertiary/aromatic N) is 1. The molecule has 0 N–H and O–H groups in total. The van der Waals surface area contributed by atoms with E-state index in [9.17, 15) is 14.5 Å². The summed E-state index contributed by atoms with van der Waals surface area (Å²) in [6.45, 7) is 0. The van der Waals surface area contributed by atoms with Gasteiger partial charge in [0.05, 0.1) is 15.3 Å². The second-order valence-electron chi connectivity index (χ2n) is 4.24. The molecule has 0 heterocycles. The lowest BCUT2D eigenvalue weighted by Gasteiger charge is -2.12. The molecule has 0 saturated carbocycles. The third kappa shape index (κ3) is 3.26. The van der Waals surface area contributed by atoms with Crippen LogP contribution in [-0.4, -0.2) is 4.92 Å². The van der Waals surface area contributed by atoms with Crippen LogP contribution in [0.4, 0.5) is 10.1 Å². The first-order chi connectivity index (χ1) is 9.49. The summed E-state index contributed by atoms with van der Waals surface area (Å²) in [5, 5.41) is 10.1. The standard InChI is InChI=1S/C14H10Cl2FNO2/c15-12(11-2-1-3-13(17)14(11)16)8-9-4-6-10(7-5-9)18(19)20/h1-7,12H,8H2. The van der Waals surface area contributed by atoms with Crippen LogP contribution in [0.2, 0.25) is 5.02 Å². The highest BCUT2D eigenvalue weighted by Crippen LogP contribution is 2.32. The van der Waals surface area contributed by atoms with Crippen molar-refractivity contribution >= 4 is 28.9 Å². The van der Waals surface area contributed by atoms with E-state index < -0.39 is 16.1 Å². The van der Waals surface area contributed by atoms with Gasteiger partial charge in [-0.05, 0) is 23.6 Å². The molecular formula is C14H10Cl2FNO2. The van der Waals surface area contributed by atoms with Crippen molar-refractivity contribution in [1.29, 1.82) is 0 Å². The Labute approximate surface area is 125 Å². The van der Waals surface area contributed by atoms with Gasteiger partial charge < -0.3 is 0 Å². The Hall–Kier alpha value is -1.65. The number of nitro benzene ring substituents is 1. The van der Waals surface area contributed by atoms with Crippen LogP contribution < -0.4 is 0 Å². The number of benzene rings is 2. The number of alkyl halides is 1. The molecule has 0 fully saturated rings. The zero-order valence-electron chi connectivity index (χ0n) is 10.2. The van der Waals surface area contributed by atoms with E-state index in [2.05, 4.69) is 0 Å². The van der Waals surface area contributed by atoms with E-state index in [0.29, 0.717) is 12.0 Å². The minimum absolute atomic E-state index is 0.00871. The SMILES string of the molecule is O=[N+]([O-])c1ccc(CC(Cl)c2cccc(F)c2Cl)cc1. The highest BCUT2D eigenvalue weighted by atomic mass is 35.5. The number of nitro groups is 1. The summed E-state index contributed by atoms with van der Waals surface area (Å²) < 4.78 is 13.4. The van der Waals surface area contributed by atoms with E-state index in [-0.39, 0.29) is 10.7 Å². The molecule has 2 rings (SSSR count). The molecule has 0 amide bonds. The lowest BCUT2D eigenvalue weighted by molar-refractivity contribution is -0.384. The Balaban J connectivity index is 2.17. The summed E-state index contributed by atoms with van der Waals surface area (Å²) >= 11 is 12.1. The van der Waals surface area contributed by atoms with Gasteiger partial charge >= 0.3 is 0 Å². The van der Waals surface area contributed by atoms with Gasteiger partial charge in [0.25, 0.3) is 5.69 Å². The van der Waals surface area contributed by atoms with Crippen molar-refractivity contribution in [2.45, 2.75) is 11.8 Å². The molecule has 0 aliphatic rings. The third-order valence-corrected chi connectivity index (χ3v) is 3.67. The number of hydrogen-bond acceptors (Lipinski definition) is 2. The van der Waals surface area contributed by atoms with E-state index in [1.807, 2.05) is 0 Å². The zero-order chi connectivity index (χ0) is 14.7. The first kappa shape index (κ1) is 14.8. The monoisotopic (exact) mass is 313 g/mol. The predicted molar refractivity (Wildman–Crippen MR) is 76.8 cm³/mol. The molecule has 1 atom stereocenters. The normalized spacial score (nSPS) is 12.2. The molecule has 0 spiro atoms. The Morgan fingerprint density at radius 1 is 1.20 bits per heavy atom. The van der Waals surface area contributed by atoms with Crippen molar-refractivity contribution < 1.29 is 9.31 Å². The van der Waals surface area contributed by atoms with E-state index in [4.69, 9.17) is 23.2 Å². The molecule has 0 aromatic heterocycles. The minimum Gasteiger partial charge on any atom is -0.258 e. The van der Waals surface area contributed by atoms with E-state index in [1.54, 1.807) is 24.3 Å². The van der Waals surface area contributed by atoms with Crippen LogP contribution in [-0.2, 0) is 6.42 Å². The van der Waals surface area contributed by atoms with Gasteiger partial charge in [0.2, 0.25) is 0 Å². The number of halogens is 3. The van der Waals surface area contributed by atoms with E-state index >= 15 is 0 Å². The largest absolute Gasteiger partial charge is 0.269 e. The fourth-order valence-electron chi connectivity index (χ4n) is 1.83. The first-order valence-corrected chi connectivity index (χ1v) is 6.62. The summed E-state index contributed by atoms with van der Waals surface area (Å²) in [5.74, 6) is -0.515. The van der Waals surface area contributed by atoms with Gasteiger partial charge in [0.1, 0.15) is 5.82 Å². The van der Waals surface area contributed by atoms with Gasteiger partial charge in [-0.25, -0.2) is 4.39 Å². The van der Waals surface area contributed by atoms with Crippen molar-refractivity contribution in [3.8, 4) is 0 Å². The first-order valence-electron chi connectivity index (χ1n) is 5.80. The van der Waals surface area contributed by atoms with Crippen LogP contribution in [0.1, 0.15) is 16.5 Å². The average Bonchev–Trinajstić information content (AvgIpc) is 2.42. The second-order valence-corrected chi connectivity index (χ2v) is 5.14. The maximum Gasteiger partial charge on any atom is 0.269 e. The topological polar surface area (TPSA) is 43.1 Å². The third-order valence-electron chi connectivity index (χ3n) is 2.88. The van der Waals surface area contributed by atoms with Crippen molar-refractivity contribution in [3.63, 3.8) is 0 Å². The molecule has 20 heavy (non-hydrogen) atoms. The molecule has 2 aromatic rings. The maximum absolute atomic E-state index is 13.4. The summed E-state index contributed by atoms with van der Waals surface area (Å²) in [5.41, 5.74) is 1.34. The summed E-state index contributed by atoms with van der Waals surface area (Å²) in [6, 6.07) is 10.5. The molecule has 0 bridgehead atoms. The predicted octanol–water partition coefficient (Wildman–Crippen LogP) is 4.91. The molecule has 3 nitrogen and oxygen atoms in total. The molecule has 0 aliphatic heterocycles. The molecular weight excluding hydrogens is 304 g/mol. The van der Waals surface area contributed by atoms with Crippen LogP contribution in [0.15, 0.2) is 42.5 Å². The van der Waals surface area contributed by atoms with E-state index in [0.717, 1.165) is 5.56 Å². The van der Waals surface area contributed by atoms with Gasteiger partial charge in [0, 0.05) is 12.1 Å². The van der Waals surface area contributed by atoms with Gasteiger partial charge in [-0.2, -0.15) is 0 Å². The molecule has 0 aliphatic carbocycles. The van der Waals surface area contributed by atoms with E-state index in [1.165, 1.54) is 18.2 Å². The maximum atomic E-state index is 13.4. The number of non-ortho nitro benzene ring substituents is 1. The molecule has 6 heteroatoms. The molecule has 0 radical (unpaired) electrons. The van der Waals surface area contributed by atoms with Crippen molar-refractivity contribution in [2.75, 3.05) is 0 Å². The number of rotatable bonds is 4. The minimum atomic E-state index is -0.515. The van der Waals surface area contributed by atoms with Crippen LogP contribution in [0.25, 0.3) is 0 Å². The summed E-state index contributed by atoms with van der Waals surface area (Å²) in [6.07, 6.45) is 0.405. The van der Waals surface area contributed by atoms with Crippen LogP contribution in [0.5, 0.6) is 0 Å². The smallest absolute Gasteiger partial charge is 0.258 e. The van der Waals surface area contributed by atoms with Gasteiger partial charge in [-0.15, -0.1) is 11.6 Å². The Kier molecular flexibility index (Phi) is 4.57. The molecule has 0 saturated heterocycles. The van der Waals surface area contributed by atoms with Gasteiger partial charge in [-0.3, -0.25) is 10.1 Å². The Morgan fingerprint density at radius 3 is 2.45 bits per heavy atom. The lowest BCUT2D eigenvalue weighted by Crippen LogP contribution is -1.98. The summed E-state index contributed by atoms with van der Waals surface area (Å²) in [4.78, 5) is 10.1. The molecule has 2 aromatic carbocycles. The van der Waals surface area contributed by atoms with Crippen LogP contribution in [0.3, 0.4) is 0 Å². The van der Waals surface area contributed by atoms with Gasteiger partial charge in [-0.1, -0.05) is 35.9 Å². The highest BCUT2D eigenvalue weighted by Gasteiger charge is 2.15. The zero-order valence-corrected chi connectivity index (χ0v) is 11.7.